The molecule has 2 aromatic carbocycles. The summed E-state index contributed by atoms with van der Waals surface area (Å²) in [5, 5.41) is 0. The molecule has 0 aliphatic carbocycles. The second kappa shape index (κ2) is 8.39. The Hall–Kier alpha value is -2.49. The lowest BCUT2D eigenvalue weighted by atomic mass is 10.1. The Morgan fingerprint density at radius 1 is 1.04 bits per heavy atom. The largest absolute Gasteiger partial charge is 0.493 e. The van der Waals surface area contributed by atoms with E-state index < -0.39 is 0 Å². The van der Waals surface area contributed by atoms with Crippen LogP contribution < -0.4 is 9.47 Å². The molecule has 128 valence electrons. The molecule has 0 spiro atoms. The van der Waals surface area contributed by atoms with E-state index in [1.54, 1.807) is 19.1 Å². The number of carbonyl (C=O) groups is 1. The Labute approximate surface area is 144 Å². The first kappa shape index (κ1) is 17.9. The molecule has 24 heavy (non-hydrogen) atoms. The number of methoxy groups -OCH3 is 2. The van der Waals surface area contributed by atoms with Crippen LogP contribution in [0.15, 0.2) is 48.5 Å². The van der Waals surface area contributed by atoms with Crippen LogP contribution in [0.5, 0.6) is 11.5 Å². The average molecular weight is 327 g/mol. The number of aryl methyl sites for hydroxylation is 1. The van der Waals surface area contributed by atoms with Crippen LogP contribution in [0.2, 0.25) is 0 Å². The number of benzene rings is 2. The molecule has 1 atom stereocenters. The van der Waals surface area contributed by atoms with Gasteiger partial charge in [-0.15, -0.1) is 0 Å². The van der Waals surface area contributed by atoms with Crippen LogP contribution in [0.25, 0.3) is 0 Å². The summed E-state index contributed by atoms with van der Waals surface area (Å²) < 4.78 is 10.5. The summed E-state index contributed by atoms with van der Waals surface area (Å²) in [7, 11) is 5.08. The topological polar surface area (TPSA) is 38.8 Å². The molecule has 0 aliphatic rings. The summed E-state index contributed by atoms with van der Waals surface area (Å²) in [5.41, 5.74) is 2.20. The van der Waals surface area contributed by atoms with E-state index in [4.69, 9.17) is 9.47 Å². The van der Waals surface area contributed by atoms with E-state index in [0.29, 0.717) is 24.3 Å². The number of hydrogen-bond acceptors (Lipinski definition) is 3. The van der Waals surface area contributed by atoms with Crippen molar-refractivity contribution in [1.82, 2.24) is 4.90 Å². The third-order valence-electron chi connectivity index (χ3n) is 4.33. The van der Waals surface area contributed by atoms with E-state index in [2.05, 4.69) is 0 Å². The summed E-state index contributed by atoms with van der Waals surface area (Å²) in [6.45, 7) is 2.05. The van der Waals surface area contributed by atoms with Gasteiger partial charge in [-0.1, -0.05) is 36.4 Å². The van der Waals surface area contributed by atoms with Crippen molar-refractivity contribution in [2.75, 3.05) is 21.3 Å². The molecule has 2 aromatic rings. The number of nitrogens with zero attached hydrogens (tertiary/aromatic N) is 1. The molecule has 2 rings (SSSR count). The Kier molecular flexibility index (Phi) is 6.24. The third kappa shape index (κ3) is 4.28. The maximum atomic E-state index is 12.5. The van der Waals surface area contributed by atoms with Crippen LogP contribution >= 0.6 is 0 Å². The van der Waals surface area contributed by atoms with E-state index in [1.165, 1.54) is 0 Å². The monoisotopic (exact) mass is 327 g/mol. The van der Waals surface area contributed by atoms with Gasteiger partial charge in [0.1, 0.15) is 0 Å². The van der Waals surface area contributed by atoms with Gasteiger partial charge in [-0.2, -0.15) is 0 Å². The number of ether oxygens (including phenoxy) is 2. The van der Waals surface area contributed by atoms with Gasteiger partial charge in [0, 0.05) is 13.5 Å². The molecule has 0 bridgehead atoms. The number of rotatable bonds is 7. The van der Waals surface area contributed by atoms with Gasteiger partial charge in [-0.3, -0.25) is 4.79 Å². The zero-order valence-electron chi connectivity index (χ0n) is 14.8. The van der Waals surface area contributed by atoms with Crippen molar-refractivity contribution < 1.29 is 14.3 Å². The Bertz CT molecular complexity index is 670. The zero-order chi connectivity index (χ0) is 17.5. The molecule has 1 amide bonds. The van der Waals surface area contributed by atoms with Gasteiger partial charge in [0.05, 0.1) is 20.3 Å². The summed E-state index contributed by atoms with van der Waals surface area (Å²) in [5.74, 6) is 1.51. The fourth-order valence-corrected chi connectivity index (χ4v) is 2.63. The fraction of sp³-hybridized carbons (Fsp3) is 0.350. The maximum absolute atomic E-state index is 12.5. The number of carbonyl (C=O) groups excluding carboxylic acids is 1. The van der Waals surface area contributed by atoms with Crippen LogP contribution in [0.1, 0.15) is 30.5 Å². The van der Waals surface area contributed by atoms with Gasteiger partial charge in [0.2, 0.25) is 5.91 Å². The first-order valence-corrected chi connectivity index (χ1v) is 8.08. The van der Waals surface area contributed by atoms with Gasteiger partial charge in [0.25, 0.3) is 0 Å². The summed E-state index contributed by atoms with van der Waals surface area (Å²) in [6.07, 6.45) is 1.13. The van der Waals surface area contributed by atoms with E-state index in [9.17, 15) is 4.79 Å². The average Bonchev–Trinajstić information content (AvgIpc) is 2.65. The first-order valence-electron chi connectivity index (χ1n) is 8.08. The minimum absolute atomic E-state index is 0.0594. The second-order valence-corrected chi connectivity index (χ2v) is 5.78. The highest BCUT2D eigenvalue weighted by Crippen LogP contribution is 2.28. The minimum Gasteiger partial charge on any atom is -0.493 e. The van der Waals surface area contributed by atoms with Crippen LogP contribution in [0.4, 0.5) is 0 Å². The molecule has 0 aromatic heterocycles. The second-order valence-electron chi connectivity index (χ2n) is 5.78. The summed E-state index contributed by atoms with van der Waals surface area (Å²) in [6, 6.07) is 15.9. The van der Waals surface area contributed by atoms with Crippen molar-refractivity contribution in [1.29, 1.82) is 0 Å². The van der Waals surface area contributed by atoms with Crippen molar-refractivity contribution >= 4 is 5.91 Å². The molecule has 0 radical (unpaired) electrons. The Morgan fingerprint density at radius 2 is 1.71 bits per heavy atom. The first-order chi connectivity index (χ1) is 11.6. The van der Waals surface area contributed by atoms with Gasteiger partial charge in [0.15, 0.2) is 11.5 Å². The van der Waals surface area contributed by atoms with Crippen molar-refractivity contribution in [2.45, 2.75) is 25.8 Å². The van der Waals surface area contributed by atoms with Crippen LogP contribution in [-0.4, -0.2) is 32.1 Å². The van der Waals surface area contributed by atoms with Gasteiger partial charge < -0.3 is 14.4 Å². The van der Waals surface area contributed by atoms with Gasteiger partial charge >= 0.3 is 0 Å². The van der Waals surface area contributed by atoms with Crippen molar-refractivity contribution in [3.63, 3.8) is 0 Å². The highest BCUT2D eigenvalue weighted by atomic mass is 16.5. The molecule has 1 unspecified atom stereocenters. The molecule has 4 heteroatoms. The molecule has 0 saturated heterocycles. The van der Waals surface area contributed by atoms with Gasteiger partial charge in [-0.25, -0.2) is 0 Å². The van der Waals surface area contributed by atoms with Crippen molar-refractivity contribution in [2.24, 2.45) is 0 Å². The number of hydrogen-bond donors (Lipinski definition) is 0. The van der Waals surface area contributed by atoms with Gasteiger partial charge in [-0.05, 0) is 36.6 Å². The molecule has 0 fully saturated rings. The standard InChI is InChI=1S/C20H25NO3/c1-15(17-8-6-5-7-9-17)21(2)20(22)13-11-16-10-12-18(23-3)19(14-16)24-4/h5-10,12,14-15H,11,13H2,1-4H3. The molecule has 0 aliphatic heterocycles. The zero-order valence-corrected chi connectivity index (χ0v) is 14.8. The SMILES string of the molecule is COc1ccc(CCC(=O)N(C)C(C)c2ccccc2)cc1OC. The van der Waals surface area contributed by atoms with Crippen molar-refractivity contribution in [3.8, 4) is 11.5 Å². The predicted molar refractivity (Wildman–Crippen MR) is 95.5 cm³/mol. The quantitative estimate of drug-likeness (QED) is 0.775. The summed E-state index contributed by atoms with van der Waals surface area (Å²) >= 11 is 0. The van der Waals surface area contributed by atoms with E-state index in [1.807, 2.05) is 62.5 Å². The van der Waals surface area contributed by atoms with Crippen LogP contribution in [0.3, 0.4) is 0 Å². The Balaban J connectivity index is 1.97. The molecule has 0 N–H and O–H groups in total. The molecule has 0 saturated carbocycles. The maximum Gasteiger partial charge on any atom is 0.223 e. The van der Waals surface area contributed by atoms with E-state index in [-0.39, 0.29) is 11.9 Å². The Morgan fingerprint density at radius 3 is 2.33 bits per heavy atom. The van der Waals surface area contributed by atoms with Crippen molar-refractivity contribution in [3.05, 3.63) is 59.7 Å². The molecular formula is C20H25NO3. The normalized spacial score (nSPS) is 11.7. The predicted octanol–water partition coefficient (Wildman–Crippen LogP) is 3.86. The lowest BCUT2D eigenvalue weighted by molar-refractivity contribution is -0.131. The lowest BCUT2D eigenvalue weighted by Crippen LogP contribution is -2.29. The summed E-state index contributed by atoms with van der Waals surface area (Å²) in [4.78, 5) is 14.3. The van der Waals surface area contributed by atoms with Crippen LogP contribution in [-0.2, 0) is 11.2 Å². The number of amides is 1. The molecule has 4 nitrogen and oxygen atoms in total. The van der Waals surface area contributed by atoms with Crippen LogP contribution in [0, 0.1) is 0 Å². The fourth-order valence-electron chi connectivity index (χ4n) is 2.63. The lowest BCUT2D eigenvalue weighted by Gasteiger charge is -2.25. The minimum atomic E-state index is 0.0594. The highest BCUT2D eigenvalue weighted by molar-refractivity contribution is 5.76. The van der Waals surface area contributed by atoms with E-state index in [0.717, 1.165) is 11.1 Å². The highest BCUT2D eigenvalue weighted by Gasteiger charge is 2.17. The molecular weight excluding hydrogens is 302 g/mol. The third-order valence-corrected chi connectivity index (χ3v) is 4.33. The smallest absolute Gasteiger partial charge is 0.223 e. The molecule has 0 heterocycles. The van der Waals surface area contributed by atoms with E-state index >= 15 is 0 Å².